The van der Waals surface area contributed by atoms with E-state index in [0.717, 1.165) is 25.1 Å². The van der Waals surface area contributed by atoms with E-state index in [9.17, 15) is 8.42 Å². The standard InChI is InChI=1S/C12H18N2O2S/c1-17(15,16)11-6-4-5-10(9-11)14-12-7-2-3-8-13-12/h2-3,7-8,10-11H,4-6,9H2,1H3,(H,13,14)/t10-,11-/m1/s1. The van der Waals surface area contributed by atoms with Gasteiger partial charge >= 0.3 is 0 Å². The smallest absolute Gasteiger partial charge is 0.150 e. The Kier molecular flexibility index (Phi) is 3.66. The number of sulfone groups is 1. The number of anilines is 1. The SMILES string of the molecule is CS(=O)(=O)[C@@H]1CCC[C@@H](Nc2ccccn2)C1. The lowest BCUT2D eigenvalue weighted by atomic mass is 9.95. The van der Waals surface area contributed by atoms with Gasteiger partial charge in [0.25, 0.3) is 0 Å². The first-order chi connectivity index (χ1) is 8.05. The first-order valence-corrected chi connectivity index (χ1v) is 7.87. The molecule has 1 aromatic rings. The van der Waals surface area contributed by atoms with Crippen molar-refractivity contribution < 1.29 is 8.42 Å². The molecule has 0 aliphatic heterocycles. The molecule has 1 heterocycles. The van der Waals surface area contributed by atoms with Crippen molar-refractivity contribution in [2.24, 2.45) is 0 Å². The van der Waals surface area contributed by atoms with Crippen LogP contribution in [0.4, 0.5) is 5.82 Å². The molecular formula is C12H18N2O2S. The second-order valence-corrected chi connectivity index (χ2v) is 7.00. The molecule has 0 amide bonds. The van der Waals surface area contributed by atoms with Crippen molar-refractivity contribution in [1.82, 2.24) is 4.98 Å². The lowest BCUT2D eigenvalue weighted by Gasteiger charge is -2.28. The highest BCUT2D eigenvalue weighted by molar-refractivity contribution is 7.91. The molecule has 1 fully saturated rings. The average molecular weight is 254 g/mol. The molecule has 94 valence electrons. The molecule has 1 aliphatic carbocycles. The summed E-state index contributed by atoms with van der Waals surface area (Å²) in [5, 5.41) is 3.11. The van der Waals surface area contributed by atoms with Crippen LogP contribution in [0.1, 0.15) is 25.7 Å². The Bertz CT molecular complexity index is 459. The number of nitrogens with zero attached hydrogens (tertiary/aromatic N) is 1. The molecule has 0 saturated heterocycles. The lowest BCUT2D eigenvalue weighted by Crippen LogP contribution is -2.34. The second-order valence-electron chi connectivity index (χ2n) is 4.67. The Labute approximate surface area is 102 Å². The van der Waals surface area contributed by atoms with Gasteiger partial charge in [-0.05, 0) is 31.4 Å². The van der Waals surface area contributed by atoms with Crippen LogP contribution in [-0.2, 0) is 9.84 Å². The number of hydrogen-bond acceptors (Lipinski definition) is 4. The van der Waals surface area contributed by atoms with Crippen molar-refractivity contribution in [2.45, 2.75) is 37.0 Å². The minimum atomic E-state index is -2.91. The van der Waals surface area contributed by atoms with Crippen LogP contribution in [0.5, 0.6) is 0 Å². The Morgan fingerprint density at radius 3 is 2.82 bits per heavy atom. The summed E-state index contributed by atoms with van der Waals surface area (Å²) in [6.45, 7) is 0. The third-order valence-electron chi connectivity index (χ3n) is 3.25. The van der Waals surface area contributed by atoms with E-state index in [1.54, 1.807) is 6.20 Å². The van der Waals surface area contributed by atoms with E-state index in [0.29, 0.717) is 6.42 Å². The van der Waals surface area contributed by atoms with E-state index in [2.05, 4.69) is 10.3 Å². The molecule has 0 radical (unpaired) electrons. The van der Waals surface area contributed by atoms with Gasteiger partial charge in [0.15, 0.2) is 0 Å². The van der Waals surface area contributed by atoms with Gasteiger partial charge in [-0.25, -0.2) is 13.4 Å². The average Bonchev–Trinajstić information content (AvgIpc) is 2.29. The maximum absolute atomic E-state index is 11.5. The van der Waals surface area contributed by atoms with E-state index in [-0.39, 0.29) is 11.3 Å². The highest BCUT2D eigenvalue weighted by Gasteiger charge is 2.28. The molecule has 17 heavy (non-hydrogen) atoms. The van der Waals surface area contributed by atoms with Crippen molar-refractivity contribution in [2.75, 3.05) is 11.6 Å². The molecule has 1 aliphatic rings. The van der Waals surface area contributed by atoms with E-state index in [1.807, 2.05) is 18.2 Å². The quantitative estimate of drug-likeness (QED) is 0.894. The Hall–Kier alpha value is -1.10. The summed E-state index contributed by atoms with van der Waals surface area (Å²) in [6, 6.07) is 5.92. The topological polar surface area (TPSA) is 59.1 Å². The van der Waals surface area contributed by atoms with Gasteiger partial charge in [0.05, 0.1) is 5.25 Å². The normalized spacial score (nSPS) is 25.5. The largest absolute Gasteiger partial charge is 0.367 e. The van der Waals surface area contributed by atoms with Gasteiger partial charge < -0.3 is 5.32 Å². The molecule has 1 aromatic heterocycles. The van der Waals surface area contributed by atoms with Crippen LogP contribution in [0.3, 0.4) is 0 Å². The molecule has 1 N–H and O–H groups in total. The summed E-state index contributed by atoms with van der Waals surface area (Å²) < 4.78 is 23.1. The van der Waals surface area contributed by atoms with Gasteiger partial charge in [0, 0.05) is 18.5 Å². The van der Waals surface area contributed by atoms with Gasteiger partial charge in [0.1, 0.15) is 15.7 Å². The van der Waals surface area contributed by atoms with Crippen LogP contribution >= 0.6 is 0 Å². The summed E-state index contributed by atoms with van der Waals surface area (Å²) in [4.78, 5) is 4.20. The summed E-state index contributed by atoms with van der Waals surface area (Å²) in [5.74, 6) is 0.826. The lowest BCUT2D eigenvalue weighted by molar-refractivity contribution is 0.452. The van der Waals surface area contributed by atoms with Crippen LogP contribution < -0.4 is 5.32 Å². The van der Waals surface area contributed by atoms with E-state index < -0.39 is 9.84 Å². The Morgan fingerprint density at radius 2 is 2.18 bits per heavy atom. The van der Waals surface area contributed by atoms with E-state index >= 15 is 0 Å². The number of aromatic nitrogens is 1. The monoisotopic (exact) mass is 254 g/mol. The van der Waals surface area contributed by atoms with Crippen molar-refractivity contribution in [3.63, 3.8) is 0 Å². The predicted octanol–water partition coefficient (Wildman–Crippen LogP) is 1.85. The first-order valence-electron chi connectivity index (χ1n) is 5.92. The van der Waals surface area contributed by atoms with Crippen LogP contribution in [0.15, 0.2) is 24.4 Å². The Morgan fingerprint density at radius 1 is 1.35 bits per heavy atom. The fourth-order valence-electron chi connectivity index (χ4n) is 2.32. The second kappa shape index (κ2) is 5.04. The molecule has 0 aromatic carbocycles. The number of pyridine rings is 1. The zero-order valence-corrected chi connectivity index (χ0v) is 10.8. The van der Waals surface area contributed by atoms with Crippen molar-refractivity contribution in [1.29, 1.82) is 0 Å². The third kappa shape index (κ3) is 3.43. The van der Waals surface area contributed by atoms with Crippen LogP contribution in [0.2, 0.25) is 0 Å². The fraction of sp³-hybridized carbons (Fsp3) is 0.583. The van der Waals surface area contributed by atoms with E-state index in [1.165, 1.54) is 6.26 Å². The van der Waals surface area contributed by atoms with Gasteiger partial charge in [-0.1, -0.05) is 12.5 Å². The van der Waals surface area contributed by atoms with Crippen molar-refractivity contribution in [3.05, 3.63) is 24.4 Å². The summed E-state index contributed by atoms with van der Waals surface area (Å²) in [5.41, 5.74) is 0. The van der Waals surface area contributed by atoms with Gasteiger partial charge in [0.2, 0.25) is 0 Å². The van der Waals surface area contributed by atoms with Crippen LogP contribution in [0, 0.1) is 0 Å². The van der Waals surface area contributed by atoms with Crippen LogP contribution in [-0.4, -0.2) is 30.9 Å². The Balaban J connectivity index is 1.99. The van der Waals surface area contributed by atoms with Crippen molar-refractivity contribution >= 4 is 15.7 Å². The minimum absolute atomic E-state index is 0.197. The summed E-state index contributed by atoms with van der Waals surface area (Å²) in [6.07, 6.45) is 6.53. The summed E-state index contributed by atoms with van der Waals surface area (Å²) in [7, 11) is -2.91. The first kappa shape index (κ1) is 12.4. The van der Waals surface area contributed by atoms with Crippen molar-refractivity contribution in [3.8, 4) is 0 Å². The maximum Gasteiger partial charge on any atom is 0.150 e. The third-order valence-corrected chi connectivity index (χ3v) is 4.89. The summed E-state index contributed by atoms with van der Waals surface area (Å²) >= 11 is 0. The molecule has 4 nitrogen and oxygen atoms in total. The number of rotatable bonds is 3. The molecule has 1 saturated carbocycles. The van der Waals surface area contributed by atoms with Gasteiger partial charge in [-0.2, -0.15) is 0 Å². The fourth-order valence-corrected chi connectivity index (χ4v) is 3.50. The van der Waals surface area contributed by atoms with E-state index in [4.69, 9.17) is 0 Å². The highest BCUT2D eigenvalue weighted by atomic mass is 32.2. The molecule has 2 rings (SSSR count). The molecule has 0 bridgehead atoms. The van der Waals surface area contributed by atoms with Gasteiger partial charge in [-0.15, -0.1) is 0 Å². The molecule has 5 heteroatoms. The number of nitrogens with one attached hydrogen (secondary N) is 1. The zero-order valence-electron chi connectivity index (χ0n) is 9.96. The maximum atomic E-state index is 11.5. The highest BCUT2D eigenvalue weighted by Crippen LogP contribution is 2.25. The molecular weight excluding hydrogens is 236 g/mol. The predicted molar refractivity (Wildman–Crippen MR) is 68.7 cm³/mol. The molecule has 2 atom stereocenters. The van der Waals surface area contributed by atoms with Crippen LogP contribution in [0.25, 0.3) is 0 Å². The van der Waals surface area contributed by atoms with Gasteiger partial charge in [-0.3, -0.25) is 0 Å². The zero-order chi connectivity index (χ0) is 12.3. The molecule has 0 unspecified atom stereocenters. The number of hydrogen-bond donors (Lipinski definition) is 1. The minimum Gasteiger partial charge on any atom is -0.367 e. The molecule has 0 spiro atoms.